The monoisotopic (exact) mass is 607 g/mol. The molecule has 6 rings (SSSR count). The third-order valence-electron chi connectivity index (χ3n) is 8.34. The van der Waals surface area contributed by atoms with Gasteiger partial charge < -0.3 is 25.4 Å². The van der Waals surface area contributed by atoms with Gasteiger partial charge in [0.2, 0.25) is 17.9 Å². The molecule has 2 aliphatic heterocycles. The first-order chi connectivity index (χ1) is 21.1. The number of ether oxygens (including phenoxy) is 2. The number of halogens is 3. The van der Waals surface area contributed by atoms with Gasteiger partial charge in [-0.15, -0.1) is 0 Å². The summed E-state index contributed by atoms with van der Waals surface area (Å²) in [5, 5.41) is 3.27. The van der Waals surface area contributed by atoms with Crippen molar-refractivity contribution in [1.82, 2.24) is 25.3 Å². The molecule has 3 N–H and O–H groups in total. The van der Waals surface area contributed by atoms with Crippen molar-refractivity contribution in [2.24, 2.45) is 5.41 Å². The minimum Gasteiger partial charge on any atom is -0.465 e. The van der Waals surface area contributed by atoms with E-state index >= 15 is 0 Å². The number of anilines is 2. The highest BCUT2D eigenvalue weighted by atomic mass is 19.4. The molecule has 2 saturated heterocycles. The van der Waals surface area contributed by atoms with Gasteiger partial charge in [0.1, 0.15) is 11.9 Å². The molecule has 230 valence electrons. The van der Waals surface area contributed by atoms with E-state index in [9.17, 15) is 18.0 Å². The molecule has 2 aliphatic rings. The lowest BCUT2D eigenvalue weighted by Gasteiger charge is -2.39. The number of carbonyl (C=O) groups excluding carboxylic acids is 1. The first-order valence-electron chi connectivity index (χ1n) is 14.5. The predicted molar refractivity (Wildman–Crippen MR) is 158 cm³/mol. The van der Waals surface area contributed by atoms with Crippen molar-refractivity contribution >= 4 is 28.8 Å². The summed E-state index contributed by atoms with van der Waals surface area (Å²) in [5.74, 6) is -0.295. The van der Waals surface area contributed by atoms with Crippen LogP contribution >= 0.6 is 0 Å². The van der Waals surface area contributed by atoms with E-state index < -0.39 is 12.3 Å². The molecule has 2 fully saturated rings. The number of hydrogen-bond donors (Lipinski definition) is 2. The maximum absolute atomic E-state index is 14.3. The van der Waals surface area contributed by atoms with E-state index in [1.807, 2.05) is 23.1 Å². The molecule has 44 heavy (non-hydrogen) atoms. The van der Waals surface area contributed by atoms with Crippen LogP contribution in [-0.4, -0.2) is 64.4 Å². The Morgan fingerprint density at radius 2 is 1.75 bits per heavy atom. The second-order valence-corrected chi connectivity index (χ2v) is 11.2. The van der Waals surface area contributed by atoms with Gasteiger partial charge in [-0.2, -0.15) is 23.1 Å². The van der Waals surface area contributed by atoms with E-state index in [2.05, 4.69) is 25.3 Å². The SMILES string of the molecule is CCOC(=O)[C@@H]1CC2(CCN(c3cc(O[C@H](c4ccc(-c5ccc6nccnc6c5)cc4)C(F)(F)F)nc(N)n3)CC2)CN1. The number of benzene rings is 2. The lowest BCUT2D eigenvalue weighted by molar-refractivity contribution is -0.198. The number of rotatable bonds is 7. The Morgan fingerprint density at radius 3 is 2.45 bits per heavy atom. The van der Waals surface area contributed by atoms with Gasteiger partial charge in [-0.1, -0.05) is 30.3 Å². The smallest absolute Gasteiger partial charge is 0.429 e. The van der Waals surface area contributed by atoms with Crippen LogP contribution in [0.4, 0.5) is 24.9 Å². The summed E-state index contributed by atoms with van der Waals surface area (Å²) in [5.41, 5.74) is 8.73. The summed E-state index contributed by atoms with van der Waals surface area (Å²) in [6, 6.07) is 12.6. The summed E-state index contributed by atoms with van der Waals surface area (Å²) in [6.07, 6.45) is -1.57. The highest BCUT2D eigenvalue weighted by molar-refractivity contribution is 5.81. The minimum atomic E-state index is -4.72. The van der Waals surface area contributed by atoms with Crippen molar-refractivity contribution in [1.29, 1.82) is 0 Å². The first kappa shape index (κ1) is 29.5. The standard InChI is InChI=1S/C31H32F3N7O3/c1-2-43-28(42)24-17-30(18-38-24)9-13-41(14-10-30)25-16-26(40-29(35)39-25)44-27(31(32,33)34)20-5-3-19(4-6-20)21-7-8-22-23(15-21)37-12-11-36-22/h3-8,11-12,15-16,24,27,38H,2,9-10,13-14,17-18H2,1H3,(H2,35,39,40)/t24-,27+/m0/s1. The van der Waals surface area contributed by atoms with Crippen LogP contribution in [0.3, 0.4) is 0 Å². The van der Waals surface area contributed by atoms with Crippen molar-refractivity contribution in [2.75, 3.05) is 36.9 Å². The van der Waals surface area contributed by atoms with Crippen molar-refractivity contribution in [3.05, 3.63) is 66.5 Å². The Bertz CT molecular complexity index is 1640. The number of aromatic nitrogens is 4. The first-order valence-corrected chi connectivity index (χ1v) is 14.5. The fourth-order valence-corrected chi connectivity index (χ4v) is 6.01. The van der Waals surface area contributed by atoms with Gasteiger partial charge in [-0.05, 0) is 54.9 Å². The van der Waals surface area contributed by atoms with Gasteiger partial charge in [-0.25, -0.2) is 0 Å². The fourth-order valence-electron chi connectivity index (χ4n) is 6.01. The molecule has 0 radical (unpaired) electrons. The van der Waals surface area contributed by atoms with Crippen molar-refractivity contribution in [3.8, 4) is 17.0 Å². The number of carbonyl (C=O) groups is 1. The Labute approximate surface area is 251 Å². The Morgan fingerprint density at radius 1 is 1.05 bits per heavy atom. The quantitative estimate of drug-likeness (QED) is 0.281. The molecule has 0 saturated carbocycles. The van der Waals surface area contributed by atoms with Crippen LogP contribution in [0.15, 0.2) is 60.9 Å². The summed E-state index contributed by atoms with van der Waals surface area (Å²) >= 11 is 0. The van der Waals surface area contributed by atoms with E-state index in [1.165, 1.54) is 18.2 Å². The summed E-state index contributed by atoms with van der Waals surface area (Å²) in [4.78, 5) is 30.9. The number of nitrogen functional groups attached to an aromatic ring is 1. The molecule has 2 atom stereocenters. The fraction of sp³-hybridized carbons (Fsp3) is 0.387. The number of piperidine rings is 1. The zero-order chi connectivity index (χ0) is 30.9. The average Bonchev–Trinajstić information content (AvgIpc) is 3.43. The molecule has 4 heterocycles. The van der Waals surface area contributed by atoms with E-state index in [0.717, 1.165) is 29.5 Å². The van der Waals surface area contributed by atoms with Gasteiger partial charge in [0.05, 0.1) is 17.6 Å². The molecule has 2 aromatic carbocycles. The van der Waals surface area contributed by atoms with Crippen molar-refractivity contribution in [3.63, 3.8) is 0 Å². The van der Waals surface area contributed by atoms with Gasteiger partial charge in [0.25, 0.3) is 0 Å². The Kier molecular flexibility index (Phi) is 7.97. The van der Waals surface area contributed by atoms with E-state index in [4.69, 9.17) is 15.2 Å². The largest absolute Gasteiger partial charge is 0.465 e. The third-order valence-corrected chi connectivity index (χ3v) is 8.34. The normalized spacial score (nSPS) is 18.8. The average molecular weight is 608 g/mol. The molecule has 10 nitrogen and oxygen atoms in total. The van der Waals surface area contributed by atoms with E-state index in [1.54, 1.807) is 31.5 Å². The molecule has 0 aliphatic carbocycles. The molecule has 0 unspecified atom stereocenters. The van der Waals surface area contributed by atoms with Crippen LogP contribution in [-0.2, 0) is 9.53 Å². The van der Waals surface area contributed by atoms with E-state index in [0.29, 0.717) is 44.0 Å². The molecule has 0 bridgehead atoms. The number of nitrogens with two attached hydrogens (primary N) is 1. The zero-order valence-corrected chi connectivity index (χ0v) is 24.1. The van der Waals surface area contributed by atoms with Gasteiger partial charge in [0, 0.05) is 43.7 Å². The van der Waals surface area contributed by atoms with Crippen LogP contribution in [0.2, 0.25) is 0 Å². The highest BCUT2D eigenvalue weighted by Gasteiger charge is 2.45. The van der Waals surface area contributed by atoms with E-state index in [-0.39, 0.29) is 34.8 Å². The van der Waals surface area contributed by atoms with Crippen LogP contribution < -0.4 is 20.7 Å². The minimum absolute atomic E-state index is 0.0559. The number of fused-ring (bicyclic) bond motifs is 1. The highest BCUT2D eigenvalue weighted by Crippen LogP contribution is 2.42. The summed E-state index contributed by atoms with van der Waals surface area (Å²) in [6.45, 7) is 4.00. The molecule has 4 aromatic rings. The van der Waals surface area contributed by atoms with Gasteiger partial charge in [0.15, 0.2) is 0 Å². The number of nitrogens with zero attached hydrogens (tertiary/aromatic N) is 5. The van der Waals surface area contributed by atoms with Crippen molar-refractivity contribution in [2.45, 2.75) is 44.5 Å². The van der Waals surface area contributed by atoms with Crippen LogP contribution in [0.1, 0.15) is 37.9 Å². The van der Waals surface area contributed by atoms with Crippen LogP contribution in [0.25, 0.3) is 22.2 Å². The Balaban J connectivity index is 1.16. The summed E-state index contributed by atoms with van der Waals surface area (Å²) < 4.78 is 53.5. The second-order valence-electron chi connectivity index (χ2n) is 11.2. The number of esters is 1. The number of nitrogens with one attached hydrogen (secondary N) is 1. The molecular weight excluding hydrogens is 575 g/mol. The second kappa shape index (κ2) is 11.9. The molecule has 13 heteroatoms. The van der Waals surface area contributed by atoms with Gasteiger partial charge >= 0.3 is 12.1 Å². The van der Waals surface area contributed by atoms with Crippen LogP contribution in [0.5, 0.6) is 5.88 Å². The maximum Gasteiger partial charge on any atom is 0.429 e. The molecule has 1 spiro atoms. The lowest BCUT2D eigenvalue weighted by atomic mass is 9.76. The zero-order valence-electron chi connectivity index (χ0n) is 24.1. The van der Waals surface area contributed by atoms with Gasteiger partial charge in [-0.3, -0.25) is 14.8 Å². The van der Waals surface area contributed by atoms with Crippen LogP contribution in [0, 0.1) is 5.41 Å². The van der Waals surface area contributed by atoms with Crippen molar-refractivity contribution < 1.29 is 27.4 Å². The topological polar surface area (TPSA) is 128 Å². The molecule has 2 aromatic heterocycles. The Hall–Kier alpha value is -4.52. The molecular formula is C31H32F3N7O3. The number of hydrogen-bond acceptors (Lipinski definition) is 10. The lowest BCUT2D eigenvalue weighted by Crippen LogP contribution is -2.41. The third kappa shape index (κ3) is 6.23. The maximum atomic E-state index is 14.3. The predicted octanol–water partition coefficient (Wildman–Crippen LogP) is 4.86. The summed E-state index contributed by atoms with van der Waals surface area (Å²) in [7, 11) is 0. The molecule has 0 amide bonds. The number of alkyl halides is 3.